The van der Waals surface area contributed by atoms with Gasteiger partial charge in [-0.05, 0) is 58.3 Å². The third kappa shape index (κ3) is 3.20. The molecule has 2 nitrogen and oxygen atoms in total. The lowest BCUT2D eigenvalue weighted by Gasteiger charge is -2.09. The summed E-state index contributed by atoms with van der Waals surface area (Å²) in [5.41, 5.74) is 3.31. The highest BCUT2D eigenvalue weighted by Gasteiger charge is 2.08. The lowest BCUT2D eigenvalue weighted by Crippen LogP contribution is -2.11. The second kappa shape index (κ2) is 6.81. The van der Waals surface area contributed by atoms with Gasteiger partial charge in [0.2, 0.25) is 0 Å². The number of fused-ring (bicyclic) bond motifs is 1. The first-order chi connectivity index (χ1) is 12.7. The van der Waals surface area contributed by atoms with E-state index in [9.17, 15) is 9.18 Å². The molecule has 26 heavy (non-hydrogen) atoms. The predicted octanol–water partition coefficient (Wildman–Crippen LogP) is 5.90. The van der Waals surface area contributed by atoms with Crippen LogP contribution in [0.3, 0.4) is 0 Å². The van der Waals surface area contributed by atoms with Crippen molar-refractivity contribution in [3.05, 3.63) is 102 Å². The average Bonchev–Trinajstić information content (AvgIpc) is 2.69. The van der Waals surface area contributed by atoms with E-state index in [4.69, 9.17) is 0 Å². The van der Waals surface area contributed by atoms with Gasteiger partial charge in [-0.1, -0.05) is 54.6 Å². The highest BCUT2D eigenvalue weighted by Crippen LogP contribution is 2.28. The second-order valence-electron chi connectivity index (χ2n) is 6.07. The minimum atomic E-state index is -0.331. The molecule has 0 aliphatic rings. The lowest BCUT2D eigenvalue weighted by molar-refractivity contribution is 0.102. The molecular weight excluding hydrogens is 325 g/mol. The van der Waals surface area contributed by atoms with Gasteiger partial charge in [0.1, 0.15) is 5.82 Å². The first kappa shape index (κ1) is 16.0. The number of halogens is 1. The Morgan fingerprint density at radius 3 is 2.19 bits per heavy atom. The van der Waals surface area contributed by atoms with Crippen molar-refractivity contribution in [2.24, 2.45) is 0 Å². The van der Waals surface area contributed by atoms with E-state index in [1.165, 1.54) is 35.0 Å². The van der Waals surface area contributed by atoms with E-state index in [1.54, 1.807) is 12.1 Å². The molecule has 0 aliphatic heterocycles. The van der Waals surface area contributed by atoms with Crippen LogP contribution in [-0.2, 0) is 0 Å². The van der Waals surface area contributed by atoms with Crippen LogP contribution in [0.1, 0.15) is 10.4 Å². The summed E-state index contributed by atoms with van der Waals surface area (Å²) in [5, 5.41) is 5.13. The van der Waals surface area contributed by atoms with Gasteiger partial charge in [-0.25, -0.2) is 4.39 Å². The Morgan fingerprint density at radius 1 is 0.731 bits per heavy atom. The minimum absolute atomic E-state index is 0.221. The van der Waals surface area contributed by atoms with Gasteiger partial charge in [-0.2, -0.15) is 0 Å². The third-order valence-electron chi connectivity index (χ3n) is 4.35. The maximum absolute atomic E-state index is 13.0. The van der Waals surface area contributed by atoms with E-state index in [0.29, 0.717) is 11.3 Å². The number of rotatable bonds is 3. The molecule has 126 valence electrons. The van der Waals surface area contributed by atoms with Crippen molar-refractivity contribution < 1.29 is 9.18 Å². The number of hydrogen-bond donors (Lipinski definition) is 1. The van der Waals surface area contributed by atoms with Crippen LogP contribution in [0, 0.1) is 5.82 Å². The smallest absolute Gasteiger partial charge is 0.255 e. The summed E-state index contributed by atoms with van der Waals surface area (Å²) in [4.78, 5) is 12.4. The maximum atomic E-state index is 13.0. The standard InChI is InChI=1S/C23H16FNO/c24-19-12-14-20(15-13-19)25-23(26)18-10-8-17(9-11-18)22-7-3-5-16-4-1-2-6-21(16)22/h1-15H,(H,25,26). The van der Waals surface area contributed by atoms with Crippen molar-refractivity contribution in [2.45, 2.75) is 0 Å². The van der Waals surface area contributed by atoms with Crippen LogP contribution < -0.4 is 5.32 Å². The Hall–Kier alpha value is -3.46. The molecule has 1 N–H and O–H groups in total. The zero-order chi connectivity index (χ0) is 17.9. The third-order valence-corrected chi connectivity index (χ3v) is 4.35. The fourth-order valence-corrected chi connectivity index (χ4v) is 3.01. The zero-order valence-electron chi connectivity index (χ0n) is 13.9. The quantitative estimate of drug-likeness (QED) is 0.494. The number of carbonyl (C=O) groups is 1. The van der Waals surface area contributed by atoms with E-state index < -0.39 is 0 Å². The van der Waals surface area contributed by atoms with E-state index in [0.717, 1.165) is 11.1 Å². The summed E-state index contributed by atoms with van der Waals surface area (Å²) >= 11 is 0. The van der Waals surface area contributed by atoms with Gasteiger partial charge in [-0.15, -0.1) is 0 Å². The molecule has 0 radical (unpaired) electrons. The lowest BCUT2D eigenvalue weighted by atomic mass is 9.97. The molecular formula is C23H16FNO. The molecule has 0 fully saturated rings. The van der Waals surface area contributed by atoms with E-state index in [2.05, 4.69) is 29.6 Å². The predicted molar refractivity (Wildman–Crippen MR) is 104 cm³/mol. The molecule has 0 bridgehead atoms. The molecule has 3 heteroatoms. The molecule has 0 heterocycles. The summed E-state index contributed by atoms with van der Waals surface area (Å²) < 4.78 is 13.0. The Bertz CT molecular complexity index is 1060. The zero-order valence-corrected chi connectivity index (χ0v) is 13.9. The average molecular weight is 341 g/mol. The van der Waals surface area contributed by atoms with Gasteiger partial charge >= 0.3 is 0 Å². The largest absolute Gasteiger partial charge is 0.322 e. The van der Waals surface area contributed by atoms with Gasteiger partial charge in [0, 0.05) is 11.3 Å². The highest BCUT2D eigenvalue weighted by molar-refractivity contribution is 6.05. The van der Waals surface area contributed by atoms with E-state index >= 15 is 0 Å². The van der Waals surface area contributed by atoms with Crippen molar-refractivity contribution in [3.63, 3.8) is 0 Å². The molecule has 0 saturated heterocycles. The van der Waals surface area contributed by atoms with Crippen LogP contribution in [0.4, 0.5) is 10.1 Å². The van der Waals surface area contributed by atoms with Crippen LogP contribution >= 0.6 is 0 Å². The van der Waals surface area contributed by atoms with Gasteiger partial charge in [0.25, 0.3) is 5.91 Å². The molecule has 4 rings (SSSR count). The van der Waals surface area contributed by atoms with Crippen molar-refractivity contribution in [1.82, 2.24) is 0 Å². The van der Waals surface area contributed by atoms with Crippen LogP contribution in [-0.4, -0.2) is 5.91 Å². The van der Waals surface area contributed by atoms with Gasteiger partial charge in [0.05, 0.1) is 0 Å². The Labute approximate surface area is 150 Å². The van der Waals surface area contributed by atoms with Gasteiger partial charge in [-0.3, -0.25) is 4.79 Å². The van der Waals surface area contributed by atoms with Gasteiger partial charge < -0.3 is 5.32 Å². The molecule has 0 aliphatic carbocycles. The monoisotopic (exact) mass is 341 g/mol. The van der Waals surface area contributed by atoms with Crippen LogP contribution in [0.2, 0.25) is 0 Å². The first-order valence-electron chi connectivity index (χ1n) is 8.36. The number of amides is 1. The SMILES string of the molecule is O=C(Nc1ccc(F)cc1)c1ccc(-c2cccc3ccccc23)cc1. The molecule has 0 spiro atoms. The van der Waals surface area contributed by atoms with Crippen molar-refractivity contribution in [1.29, 1.82) is 0 Å². The molecule has 0 aromatic heterocycles. The summed E-state index contributed by atoms with van der Waals surface area (Å²) in [7, 11) is 0. The number of carbonyl (C=O) groups excluding carboxylic acids is 1. The molecule has 4 aromatic carbocycles. The first-order valence-corrected chi connectivity index (χ1v) is 8.36. The highest BCUT2D eigenvalue weighted by atomic mass is 19.1. The fraction of sp³-hybridized carbons (Fsp3) is 0. The molecule has 4 aromatic rings. The van der Waals surface area contributed by atoms with Crippen molar-refractivity contribution >= 4 is 22.4 Å². The van der Waals surface area contributed by atoms with E-state index in [-0.39, 0.29) is 11.7 Å². The molecule has 0 atom stereocenters. The molecule has 0 unspecified atom stereocenters. The molecule has 1 amide bonds. The Morgan fingerprint density at radius 2 is 1.42 bits per heavy atom. The number of benzene rings is 4. The minimum Gasteiger partial charge on any atom is -0.322 e. The summed E-state index contributed by atoms with van der Waals surface area (Å²) in [6, 6.07) is 27.6. The molecule has 0 saturated carbocycles. The maximum Gasteiger partial charge on any atom is 0.255 e. The Balaban J connectivity index is 1.60. The number of nitrogens with one attached hydrogen (secondary N) is 1. The summed E-state index contributed by atoms with van der Waals surface area (Å²) in [6.45, 7) is 0. The van der Waals surface area contributed by atoms with Crippen molar-refractivity contribution in [3.8, 4) is 11.1 Å². The van der Waals surface area contributed by atoms with Crippen LogP contribution in [0.15, 0.2) is 91.0 Å². The summed E-state index contributed by atoms with van der Waals surface area (Å²) in [5.74, 6) is -0.552. The second-order valence-corrected chi connectivity index (χ2v) is 6.07. The fourth-order valence-electron chi connectivity index (χ4n) is 3.01. The van der Waals surface area contributed by atoms with Crippen molar-refractivity contribution in [2.75, 3.05) is 5.32 Å². The number of hydrogen-bond acceptors (Lipinski definition) is 1. The van der Waals surface area contributed by atoms with E-state index in [1.807, 2.05) is 30.3 Å². The normalized spacial score (nSPS) is 10.7. The topological polar surface area (TPSA) is 29.1 Å². The Kier molecular flexibility index (Phi) is 4.20. The number of anilines is 1. The van der Waals surface area contributed by atoms with Crippen LogP contribution in [0.5, 0.6) is 0 Å². The van der Waals surface area contributed by atoms with Gasteiger partial charge in [0.15, 0.2) is 0 Å². The summed E-state index contributed by atoms with van der Waals surface area (Å²) in [6.07, 6.45) is 0. The van der Waals surface area contributed by atoms with Crippen LogP contribution in [0.25, 0.3) is 21.9 Å².